The topological polar surface area (TPSA) is 60.8 Å². The van der Waals surface area contributed by atoms with Crippen LogP contribution >= 0.6 is 0 Å². The fraction of sp³-hybridized carbons (Fsp3) is 0.462. The quantitative estimate of drug-likeness (QED) is 0.824. The van der Waals surface area contributed by atoms with Crippen LogP contribution in [0.25, 0.3) is 0 Å². The Morgan fingerprint density at radius 2 is 2.00 bits per heavy atom. The zero-order valence-corrected chi connectivity index (χ0v) is 10.4. The molecule has 2 N–H and O–H groups in total. The number of phenolic OH excluding ortho intramolecular Hbond substituents is 1. The summed E-state index contributed by atoms with van der Waals surface area (Å²) in [6.07, 6.45) is 0. The third-order valence-electron chi connectivity index (χ3n) is 2.83. The van der Waals surface area contributed by atoms with E-state index in [-0.39, 0.29) is 24.4 Å². The van der Waals surface area contributed by atoms with E-state index in [1.807, 2.05) is 31.7 Å². The first-order valence-electron chi connectivity index (χ1n) is 5.68. The highest BCUT2D eigenvalue weighted by Gasteiger charge is 2.21. The van der Waals surface area contributed by atoms with Crippen LogP contribution in [-0.4, -0.2) is 33.7 Å². The molecular weight excluding hydrogens is 218 g/mol. The molecule has 0 spiro atoms. The van der Waals surface area contributed by atoms with Crippen molar-refractivity contribution in [2.75, 3.05) is 6.54 Å². The van der Waals surface area contributed by atoms with Gasteiger partial charge in [-0.25, -0.2) is 0 Å². The number of nitrogens with zero attached hydrogens (tertiary/aromatic N) is 1. The molecule has 1 atom stereocenters. The lowest BCUT2D eigenvalue weighted by Gasteiger charge is -2.31. The third kappa shape index (κ3) is 3.75. The Morgan fingerprint density at radius 1 is 1.35 bits per heavy atom. The van der Waals surface area contributed by atoms with E-state index < -0.39 is 5.97 Å². The summed E-state index contributed by atoms with van der Waals surface area (Å²) in [7, 11) is 0. The second-order valence-electron chi connectivity index (χ2n) is 4.43. The SMILES string of the molecule is CC(C)N(CC(=O)O)C(C)c1cccc(O)c1. The van der Waals surface area contributed by atoms with Gasteiger partial charge in [-0.2, -0.15) is 0 Å². The molecule has 0 aliphatic rings. The monoisotopic (exact) mass is 237 g/mol. The van der Waals surface area contributed by atoms with Crippen LogP contribution in [0, 0.1) is 0 Å². The van der Waals surface area contributed by atoms with Gasteiger partial charge in [0.05, 0.1) is 6.54 Å². The van der Waals surface area contributed by atoms with Gasteiger partial charge in [-0.15, -0.1) is 0 Å². The van der Waals surface area contributed by atoms with Crippen molar-refractivity contribution in [3.05, 3.63) is 29.8 Å². The Kier molecular flexibility index (Phi) is 4.52. The number of carboxylic acid groups (broad SMARTS) is 1. The molecule has 1 unspecified atom stereocenters. The number of aromatic hydroxyl groups is 1. The minimum atomic E-state index is -0.842. The van der Waals surface area contributed by atoms with E-state index in [4.69, 9.17) is 5.11 Å². The maximum absolute atomic E-state index is 10.8. The molecule has 0 amide bonds. The summed E-state index contributed by atoms with van der Waals surface area (Å²) >= 11 is 0. The van der Waals surface area contributed by atoms with Crippen LogP contribution in [0.15, 0.2) is 24.3 Å². The van der Waals surface area contributed by atoms with Crippen LogP contribution in [0.1, 0.15) is 32.4 Å². The molecular formula is C13H19NO3. The lowest BCUT2D eigenvalue weighted by atomic mass is 10.1. The number of hydrogen-bond acceptors (Lipinski definition) is 3. The first-order chi connectivity index (χ1) is 7.91. The molecule has 0 saturated heterocycles. The predicted octanol–water partition coefficient (Wildman–Crippen LogP) is 2.25. The number of aliphatic carboxylic acids is 1. The average molecular weight is 237 g/mol. The average Bonchev–Trinajstić information content (AvgIpc) is 2.24. The molecule has 0 aliphatic heterocycles. The van der Waals surface area contributed by atoms with Crippen molar-refractivity contribution in [2.45, 2.75) is 32.9 Å². The molecule has 0 fully saturated rings. The van der Waals surface area contributed by atoms with Crippen LogP contribution in [0.2, 0.25) is 0 Å². The van der Waals surface area contributed by atoms with E-state index in [0.717, 1.165) is 5.56 Å². The summed E-state index contributed by atoms with van der Waals surface area (Å²) in [5.74, 6) is -0.640. The Morgan fingerprint density at radius 3 is 2.47 bits per heavy atom. The summed E-state index contributed by atoms with van der Waals surface area (Å²) in [5.41, 5.74) is 0.917. The zero-order valence-electron chi connectivity index (χ0n) is 10.4. The summed E-state index contributed by atoms with van der Waals surface area (Å²) in [6.45, 7) is 5.86. The first-order valence-corrected chi connectivity index (χ1v) is 5.68. The van der Waals surface area contributed by atoms with Crippen molar-refractivity contribution in [3.8, 4) is 5.75 Å². The van der Waals surface area contributed by atoms with Crippen LogP contribution in [0.5, 0.6) is 5.75 Å². The third-order valence-corrected chi connectivity index (χ3v) is 2.83. The maximum atomic E-state index is 10.8. The minimum absolute atomic E-state index is 0.00547. The van der Waals surface area contributed by atoms with Gasteiger partial charge in [0.1, 0.15) is 5.75 Å². The lowest BCUT2D eigenvalue weighted by Crippen LogP contribution is -2.37. The van der Waals surface area contributed by atoms with E-state index in [2.05, 4.69) is 0 Å². The molecule has 0 radical (unpaired) electrons. The predicted molar refractivity (Wildman–Crippen MR) is 66.0 cm³/mol. The van der Waals surface area contributed by atoms with Crippen LogP contribution in [-0.2, 0) is 4.79 Å². The minimum Gasteiger partial charge on any atom is -0.508 e. The molecule has 0 bridgehead atoms. The molecule has 0 saturated carbocycles. The summed E-state index contributed by atoms with van der Waals surface area (Å²) in [5, 5.41) is 18.3. The van der Waals surface area contributed by atoms with Crippen LogP contribution < -0.4 is 0 Å². The largest absolute Gasteiger partial charge is 0.508 e. The summed E-state index contributed by atoms with van der Waals surface area (Å²) < 4.78 is 0. The van der Waals surface area contributed by atoms with E-state index >= 15 is 0 Å². The highest BCUT2D eigenvalue weighted by atomic mass is 16.4. The lowest BCUT2D eigenvalue weighted by molar-refractivity contribution is -0.139. The molecule has 94 valence electrons. The Bertz CT molecular complexity index is 390. The normalized spacial score (nSPS) is 13.0. The molecule has 4 nitrogen and oxygen atoms in total. The van der Waals surface area contributed by atoms with Crippen LogP contribution in [0.3, 0.4) is 0 Å². The second kappa shape index (κ2) is 5.68. The Balaban J connectivity index is 2.91. The highest BCUT2D eigenvalue weighted by Crippen LogP contribution is 2.24. The van der Waals surface area contributed by atoms with Crippen molar-refractivity contribution in [1.29, 1.82) is 0 Å². The fourth-order valence-corrected chi connectivity index (χ4v) is 1.90. The summed E-state index contributed by atoms with van der Waals surface area (Å²) in [4.78, 5) is 12.7. The zero-order chi connectivity index (χ0) is 13.0. The number of rotatable bonds is 5. The molecule has 4 heteroatoms. The van der Waals surface area contributed by atoms with Gasteiger partial charge in [-0.1, -0.05) is 12.1 Å². The molecule has 0 aliphatic carbocycles. The van der Waals surface area contributed by atoms with Crippen molar-refractivity contribution < 1.29 is 15.0 Å². The fourth-order valence-electron chi connectivity index (χ4n) is 1.90. The van der Waals surface area contributed by atoms with Crippen LogP contribution in [0.4, 0.5) is 0 Å². The first kappa shape index (κ1) is 13.5. The molecule has 1 aromatic rings. The van der Waals surface area contributed by atoms with E-state index in [0.29, 0.717) is 0 Å². The van der Waals surface area contributed by atoms with Crippen molar-refractivity contribution >= 4 is 5.97 Å². The number of phenols is 1. The van der Waals surface area contributed by atoms with E-state index in [9.17, 15) is 9.90 Å². The molecule has 17 heavy (non-hydrogen) atoms. The van der Waals surface area contributed by atoms with Gasteiger partial charge in [0.15, 0.2) is 0 Å². The molecule has 0 aromatic heterocycles. The van der Waals surface area contributed by atoms with Crippen molar-refractivity contribution in [1.82, 2.24) is 4.90 Å². The number of carbonyl (C=O) groups is 1. The Labute approximate surface area is 101 Å². The molecule has 1 rings (SSSR count). The van der Waals surface area contributed by atoms with Gasteiger partial charge in [0.2, 0.25) is 0 Å². The van der Waals surface area contributed by atoms with Gasteiger partial charge in [0, 0.05) is 12.1 Å². The Hall–Kier alpha value is -1.55. The van der Waals surface area contributed by atoms with E-state index in [1.54, 1.807) is 18.2 Å². The smallest absolute Gasteiger partial charge is 0.317 e. The number of hydrogen-bond donors (Lipinski definition) is 2. The highest BCUT2D eigenvalue weighted by molar-refractivity contribution is 5.69. The van der Waals surface area contributed by atoms with Gasteiger partial charge >= 0.3 is 5.97 Å². The van der Waals surface area contributed by atoms with Gasteiger partial charge in [-0.05, 0) is 38.5 Å². The van der Waals surface area contributed by atoms with Crippen molar-refractivity contribution in [2.24, 2.45) is 0 Å². The maximum Gasteiger partial charge on any atom is 0.317 e. The van der Waals surface area contributed by atoms with Gasteiger partial charge in [0.25, 0.3) is 0 Å². The second-order valence-corrected chi connectivity index (χ2v) is 4.43. The van der Waals surface area contributed by atoms with E-state index in [1.165, 1.54) is 0 Å². The van der Waals surface area contributed by atoms with Gasteiger partial charge < -0.3 is 10.2 Å². The molecule has 0 heterocycles. The molecule has 1 aromatic carbocycles. The standard InChI is InChI=1S/C13H19NO3/c1-9(2)14(8-13(16)17)10(3)11-5-4-6-12(15)7-11/h4-7,9-10,15H,8H2,1-3H3,(H,16,17). The van der Waals surface area contributed by atoms with Crippen molar-refractivity contribution in [3.63, 3.8) is 0 Å². The number of carboxylic acids is 1. The number of benzene rings is 1. The van der Waals surface area contributed by atoms with Gasteiger partial charge in [-0.3, -0.25) is 9.69 Å². The summed E-state index contributed by atoms with van der Waals surface area (Å²) in [6, 6.07) is 7.01.